The van der Waals surface area contributed by atoms with Crippen LogP contribution in [0.15, 0.2) is 24.3 Å². The van der Waals surface area contributed by atoms with Crippen LogP contribution in [0, 0.1) is 0 Å². The first-order valence-electron chi connectivity index (χ1n) is 6.49. The molecule has 5 nitrogen and oxygen atoms in total. The second kappa shape index (κ2) is 7.11. The van der Waals surface area contributed by atoms with Crippen LogP contribution in [-0.4, -0.2) is 38.9 Å². The van der Waals surface area contributed by atoms with Crippen molar-refractivity contribution >= 4 is 5.97 Å². The number of hydrogen-bond donors (Lipinski definition) is 1. The van der Waals surface area contributed by atoms with Crippen molar-refractivity contribution in [2.75, 3.05) is 33.0 Å². The monoisotopic (exact) mass is 265 g/mol. The van der Waals surface area contributed by atoms with Gasteiger partial charge in [-0.15, -0.1) is 0 Å². The smallest absolute Gasteiger partial charge is 0.332 e. The lowest BCUT2D eigenvalue weighted by atomic mass is 10.1. The Hall–Kier alpha value is -1.59. The number of nitrogens with one attached hydrogen (secondary N) is 1. The maximum Gasteiger partial charge on any atom is 0.332 e. The van der Waals surface area contributed by atoms with Crippen molar-refractivity contribution < 1.29 is 19.0 Å². The summed E-state index contributed by atoms with van der Waals surface area (Å²) in [4.78, 5) is 11.0. The second-order valence-electron chi connectivity index (χ2n) is 4.21. The van der Waals surface area contributed by atoms with Crippen molar-refractivity contribution in [2.24, 2.45) is 0 Å². The third-order valence-corrected chi connectivity index (χ3v) is 2.86. The normalized spacial score (nSPS) is 16.8. The van der Waals surface area contributed by atoms with Crippen molar-refractivity contribution in [3.05, 3.63) is 29.8 Å². The Morgan fingerprint density at radius 1 is 1.47 bits per heavy atom. The van der Waals surface area contributed by atoms with Gasteiger partial charge in [0.2, 0.25) is 0 Å². The lowest BCUT2D eigenvalue weighted by molar-refractivity contribution is -0.148. The van der Waals surface area contributed by atoms with Crippen LogP contribution in [-0.2, 0) is 14.3 Å². The van der Waals surface area contributed by atoms with E-state index in [1.165, 1.54) is 5.56 Å². The number of rotatable bonds is 7. The summed E-state index contributed by atoms with van der Waals surface area (Å²) >= 11 is 0. The number of ether oxygens (including phenoxy) is 3. The Kier molecular flexibility index (Phi) is 5.18. The second-order valence-corrected chi connectivity index (χ2v) is 4.21. The molecule has 1 N–H and O–H groups in total. The Morgan fingerprint density at radius 2 is 2.32 bits per heavy atom. The van der Waals surface area contributed by atoms with E-state index in [2.05, 4.69) is 11.4 Å². The highest BCUT2D eigenvalue weighted by atomic mass is 16.6. The average molecular weight is 265 g/mol. The molecule has 0 aliphatic carbocycles. The van der Waals surface area contributed by atoms with Gasteiger partial charge >= 0.3 is 5.97 Å². The molecule has 1 unspecified atom stereocenters. The van der Waals surface area contributed by atoms with Crippen molar-refractivity contribution in [1.82, 2.24) is 5.32 Å². The van der Waals surface area contributed by atoms with Gasteiger partial charge in [-0.3, -0.25) is 0 Å². The van der Waals surface area contributed by atoms with Crippen LogP contribution in [0.2, 0.25) is 0 Å². The highest BCUT2D eigenvalue weighted by molar-refractivity contribution is 5.70. The summed E-state index contributed by atoms with van der Waals surface area (Å²) in [7, 11) is 0. The minimum absolute atomic E-state index is 0.00722. The topological polar surface area (TPSA) is 56.8 Å². The largest absolute Gasteiger partial charge is 0.491 e. The molecule has 1 atom stereocenters. The zero-order valence-corrected chi connectivity index (χ0v) is 11.1. The number of benzene rings is 1. The SMILES string of the molecule is CCOC(=O)COCCNC1COc2ccccc21. The molecule has 0 saturated carbocycles. The molecular weight excluding hydrogens is 246 g/mol. The molecule has 2 rings (SSSR count). The lowest BCUT2D eigenvalue weighted by Crippen LogP contribution is -2.27. The molecule has 1 aliphatic heterocycles. The molecule has 1 aromatic rings. The van der Waals surface area contributed by atoms with E-state index in [1.807, 2.05) is 18.2 Å². The number of fused-ring (bicyclic) bond motifs is 1. The summed E-state index contributed by atoms with van der Waals surface area (Å²) in [6.07, 6.45) is 0. The van der Waals surface area contributed by atoms with E-state index in [1.54, 1.807) is 6.92 Å². The van der Waals surface area contributed by atoms with Crippen LogP contribution in [0.5, 0.6) is 5.75 Å². The average Bonchev–Trinajstić information content (AvgIpc) is 2.82. The first-order chi connectivity index (χ1) is 9.31. The molecular formula is C14H19NO4. The standard InChI is InChI=1S/C14H19NO4/c1-2-18-14(16)10-17-8-7-15-12-9-19-13-6-4-3-5-11(12)13/h3-6,12,15H,2,7-10H2,1H3. The van der Waals surface area contributed by atoms with Gasteiger partial charge < -0.3 is 19.5 Å². The summed E-state index contributed by atoms with van der Waals surface area (Å²) in [5.41, 5.74) is 1.17. The van der Waals surface area contributed by atoms with Gasteiger partial charge in [0.15, 0.2) is 0 Å². The Bertz CT molecular complexity index is 422. The molecule has 0 spiro atoms. The minimum atomic E-state index is -0.322. The molecule has 0 saturated heterocycles. The van der Waals surface area contributed by atoms with Crippen LogP contribution in [0.3, 0.4) is 0 Å². The number of carbonyl (C=O) groups excluding carboxylic acids is 1. The number of para-hydroxylation sites is 1. The molecule has 0 aromatic heterocycles. The van der Waals surface area contributed by atoms with Crippen molar-refractivity contribution in [3.8, 4) is 5.75 Å². The fourth-order valence-electron chi connectivity index (χ4n) is 2.00. The number of esters is 1. The van der Waals surface area contributed by atoms with Crippen molar-refractivity contribution in [2.45, 2.75) is 13.0 Å². The fraction of sp³-hybridized carbons (Fsp3) is 0.500. The Balaban J connectivity index is 1.64. The van der Waals surface area contributed by atoms with Crippen LogP contribution in [0.1, 0.15) is 18.5 Å². The molecule has 1 heterocycles. The van der Waals surface area contributed by atoms with E-state index in [0.29, 0.717) is 26.4 Å². The fourth-order valence-corrected chi connectivity index (χ4v) is 2.00. The van der Waals surface area contributed by atoms with Crippen LogP contribution >= 0.6 is 0 Å². The third-order valence-electron chi connectivity index (χ3n) is 2.86. The first-order valence-corrected chi connectivity index (χ1v) is 6.49. The van der Waals surface area contributed by atoms with E-state index in [4.69, 9.17) is 14.2 Å². The molecule has 1 aromatic carbocycles. The van der Waals surface area contributed by atoms with Gasteiger partial charge in [0.25, 0.3) is 0 Å². The van der Waals surface area contributed by atoms with Crippen LogP contribution in [0.4, 0.5) is 0 Å². The van der Waals surface area contributed by atoms with Crippen LogP contribution in [0.25, 0.3) is 0 Å². The van der Waals surface area contributed by atoms with Gasteiger partial charge in [0, 0.05) is 12.1 Å². The summed E-state index contributed by atoms with van der Waals surface area (Å²) in [5, 5.41) is 3.34. The predicted octanol–water partition coefficient (Wildman–Crippen LogP) is 1.29. The molecule has 0 amide bonds. The van der Waals surface area contributed by atoms with Gasteiger partial charge in [0.05, 0.1) is 19.3 Å². The van der Waals surface area contributed by atoms with E-state index in [0.717, 1.165) is 5.75 Å². The van der Waals surface area contributed by atoms with E-state index in [-0.39, 0.29) is 18.6 Å². The maximum absolute atomic E-state index is 11.0. The zero-order valence-electron chi connectivity index (χ0n) is 11.1. The summed E-state index contributed by atoms with van der Waals surface area (Å²) in [6.45, 7) is 3.94. The first kappa shape index (κ1) is 13.8. The summed E-state index contributed by atoms with van der Waals surface area (Å²) in [5.74, 6) is 0.615. The van der Waals surface area contributed by atoms with Crippen molar-refractivity contribution in [3.63, 3.8) is 0 Å². The van der Waals surface area contributed by atoms with Crippen molar-refractivity contribution in [1.29, 1.82) is 0 Å². The Labute approximate surface area is 112 Å². The molecule has 104 valence electrons. The van der Waals surface area contributed by atoms with Gasteiger partial charge in [-0.25, -0.2) is 4.79 Å². The maximum atomic E-state index is 11.0. The van der Waals surface area contributed by atoms with E-state index < -0.39 is 0 Å². The molecule has 0 radical (unpaired) electrons. The highest BCUT2D eigenvalue weighted by Crippen LogP contribution is 2.31. The van der Waals surface area contributed by atoms with E-state index >= 15 is 0 Å². The Morgan fingerprint density at radius 3 is 3.16 bits per heavy atom. The van der Waals surface area contributed by atoms with Crippen LogP contribution < -0.4 is 10.1 Å². The van der Waals surface area contributed by atoms with Gasteiger partial charge in [0.1, 0.15) is 19.0 Å². The van der Waals surface area contributed by atoms with E-state index in [9.17, 15) is 4.79 Å². The molecule has 1 aliphatic rings. The molecule has 5 heteroatoms. The highest BCUT2D eigenvalue weighted by Gasteiger charge is 2.22. The minimum Gasteiger partial charge on any atom is -0.491 e. The number of carbonyl (C=O) groups is 1. The summed E-state index contributed by atoms with van der Waals surface area (Å²) < 4.78 is 15.5. The predicted molar refractivity (Wildman–Crippen MR) is 70.1 cm³/mol. The number of hydrogen-bond acceptors (Lipinski definition) is 5. The van der Waals surface area contributed by atoms with Gasteiger partial charge in [-0.1, -0.05) is 18.2 Å². The third kappa shape index (κ3) is 3.94. The zero-order chi connectivity index (χ0) is 13.5. The molecule has 0 fully saturated rings. The molecule has 19 heavy (non-hydrogen) atoms. The lowest BCUT2D eigenvalue weighted by Gasteiger charge is -2.11. The summed E-state index contributed by atoms with van der Waals surface area (Å²) in [6, 6.07) is 8.18. The van der Waals surface area contributed by atoms with Gasteiger partial charge in [-0.2, -0.15) is 0 Å². The molecule has 0 bridgehead atoms. The van der Waals surface area contributed by atoms with Gasteiger partial charge in [-0.05, 0) is 13.0 Å². The quantitative estimate of drug-likeness (QED) is 0.594.